The largest absolute Gasteiger partial charge is 0.395 e. The van der Waals surface area contributed by atoms with Crippen LogP contribution in [0.15, 0.2) is 30.3 Å². The van der Waals surface area contributed by atoms with Crippen LogP contribution in [0.4, 0.5) is 0 Å². The van der Waals surface area contributed by atoms with Crippen LogP contribution in [-0.4, -0.2) is 71.4 Å². The van der Waals surface area contributed by atoms with E-state index in [1.807, 2.05) is 25.2 Å². The highest BCUT2D eigenvalue weighted by molar-refractivity contribution is 5.86. The maximum atomic E-state index is 12.6. The molecule has 0 aromatic heterocycles. The van der Waals surface area contributed by atoms with E-state index < -0.39 is 5.60 Å². The summed E-state index contributed by atoms with van der Waals surface area (Å²) in [6, 6.07) is 10.1. The number of aliphatic hydroxyl groups excluding tert-OH is 1. The average Bonchev–Trinajstić information content (AvgIpc) is 2.50. The Morgan fingerprint density at radius 1 is 1.32 bits per heavy atom. The van der Waals surface area contributed by atoms with Crippen molar-refractivity contribution in [2.24, 2.45) is 0 Å². The first-order chi connectivity index (χ1) is 10.5. The van der Waals surface area contributed by atoms with Gasteiger partial charge in [-0.15, -0.1) is 0 Å². The van der Waals surface area contributed by atoms with Gasteiger partial charge in [0.25, 0.3) is 5.91 Å². The first kappa shape index (κ1) is 16.9. The molecule has 1 saturated heterocycles. The first-order valence-electron chi connectivity index (χ1n) is 7.90. The summed E-state index contributed by atoms with van der Waals surface area (Å²) < 4.78 is 0. The van der Waals surface area contributed by atoms with Crippen LogP contribution in [0.3, 0.4) is 0 Å². The van der Waals surface area contributed by atoms with Crippen molar-refractivity contribution in [1.82, 2.24) is 9.80 Å². The Morgan fingerprint density at radius 3 is 2.73 bits per heavy atom. The van der Waals surface area contributed by atoms with Crippen LogP contribution < -0.4 is 0 Å². The summed E-state index contributed by atoms with van der Waals surface area (Å²) in [4.78, 5) is 16.2. The maximum absolute atomic E-state index is 12.6. The molecule has 1 aliphatic rings. The minimum Gasteiger partial charge on any atom is -0.395 e. The van der Waals surface area contributed by atoms with Crippen molar-refractivity contribution < 1.29 is 15.0 Å². The zero-order valence-corrected chi connectivity index (χ0v) is 13.2. The number of likely N-dealkylation sites (tertiary alicyclic amines) is 1. The highest BCUT2D eigenvalue weighted by Crippen LogP contribution is 2.24. The molecular weight excluding hydrogens is 280 g/mol. The van der Waals surface area contributed by atoms with Gasteiger partial charge in [0, 0.05) is 26.2 Å². The third-order valence-corrected chi connectivity index (χ3v) is 4.23. The van der Waals surface area contributed by atoms with Gasteiger partial charge in [-0.25, -0.2) is 0 Å². The molecule has 0 bridgehead atoms. The van der Waals surface area contributed by atoms with E-state index in [2.05, 4.69) is 12.1 Å². The van der Waals surface area contributed by atoms with Crippen molar-refractivity contribution in [2.45, 2.75) is 24.9 Å². The molecule has 2 N–H and O–H groups in total. The van der Waals surface area contributed by atoms with E-state index in [0.717, 1.165) is 12.8 Å². The van der Waals surface area contributed by atoms with E-state index in [0.29, 0.717) is 26.1 Å². The van der Waals surface area contributed by atoms with Gasteiger partial charge in [0.2, 0.25) is 0 Å². The lowest BCUT2D eigenvalue weighted by Crippen LogP contribution is -2.58. The summed E-state index contributed by atoms with van der Waals surface area (Å²) >= 11 is 0. The molecular formula is C17H26N2O3. The van der Waals surface area contributed by atoms with Gasteiger partial charge in [0.05, 0.1) is 6.61 Å². The number of amides is 1. The Kier molecular flexibility index (Phi) is 5.94. The second kappa shape index (κ2) is 7.72. The third kappa shape index (κ3) is 4.29. The predicted molar refractivity (Wildman–Crippen MR) is 85.5 cm³/mol. The van der Waals surface area contributed by atoms with Gasteiger partial charge in [0.1, 0.15) is 0 Å². The summed E-state index contributed by atoms with van der Waals surface area (Å²) in [7, 11) is 1.81. The van der Waals surface area contributed by atoms with Crippen LogP contribution >= 0.6 is 0 Å². The monoisotopic (exact) mass is 306 g/mol. The summed E-state index contributed by atoms with van der Waals surface area (Å²) in [5, 5.41) is 19.6. The molecule has 0 saturated carbocycles. The normalized spacial score (nSPS) is 22.4. The number of hydrogen-bond donors (Lipinski definition) is 2. The Hall–Kier alpha value is -1.43. The SMILES string of the molecule is CN(CCO)CC1(O)CCCN(CCc2ccccc2)C1=O. The Balaban J connectivity index is 1.94. The zero-order chi connectivity index (χ0) is 16.0. The lowest BCUT2D eigenvalue weighted by atomic mass is 9.91. The maximum Gasteiger partial charge on any atom is 0.255 e. The molecule has 0 spiro atoms. The minimum absolute atomic E-state index is 0.0263. The van der Waals surface area contributed by atoms with Gasteiger partial charge >= 0.3 is 0 Å². The molecule has 1 aromatic carbocycles. The third-order valence-electron chi connectivity index (χ3n) is 4.23. The minimum atomic E-state index is -1.32. The first-order valence-corrected chi connectivity index (χ1v) is 7.90. The Labute approximate surface area is 132 Å². The number of rotatable bonds is 7. The molecule has 0 radical (unpaired) electrons. The van der Waals surface area contributed by atoms with Crippen molar-refractivity contribution in [3.63, 3.8) is 0 Å². The summed E-state index contributed by atoms with van der Waals surface area (Å²) in [6.07, 6.45) is 2.10. The van der Waals surface area contributed by atoms with Crippen LogP contribution in [0.25, 0.3) is 0 Å². The van der Waals surface area contributed by atoms with Gasteiger partial charge < -0.3 is 20.0 Å². The molecule has 1 unspecified atom stereocenters. The van der Waals surface area contributed by atoms with E-state index in [4.69, 9.17) is 5.11 Å². The molecule has 5 heteroatoms. The summed E-state index contributed by atoms with van der Waals surface area (Å²) in [5.41, 5.74) is -0.124. The van der Waals surface area contributed by atoms with Gasteiger partial charge in [-0.1, -0.05) is 30.3 Å². The van der Waals surface area contributed by atoms with Gasteiger partial charge in [-0.2, -0.15) is 0 Å². The second-order valence-electron chi connectivity index (χ2n) is 6.12. The van der Waals surface area contributed by atoms with Gasteiger partial charge in [0.15, 0.2) is 5.60 Å². The highest BCUT2D eigenvalue weighted by Gasteiger charge is 2.42. The van der Waals surface area contributed by atoms with Crippen molar-refractivity contribution in [1.29, 1.82) is 0 Å². The van der Waals surface area contributed by atoms with E-state index in [-0.39, 0.29) is 19.1 Å². The van der Waals surface area contributed by atoms with Crippen LogP contribution in [0.1, 0.15) is 18.4 Å². The Morgan fingerprint density at radius 2 is 2.05 bits per heavy atom. The molecule has 1 amide bonds. The van der Waals surface area contributed by atoms with Crippen LogP contribution in [0.5, 0.6) is 0 Å². The van der Waals surface area contributed by atoms with Crippen molar-refractivity contribution in [3.05, 3.63) is 35.9 Å². The number of likely N-dealkylation sites (N-methyl/N-ethyl adjacent to an activating group) is 1. The van der Waals surface area contributed by atoms with Gasteiger partial charge in [-0.3, -0.25) is 4.79 Å². The quantitative estimate of drug-likeness (QED) is 0.770. The lowest BCUT2D eigenvalue weighted by Gasteiger charge is -2.40. The van der Waals surface area contributed by atoms with E-state index >= 15 is 0 Å². The predicted octanol–water partition coefficient (Wildman–Crippen LogP) is 0.507. The van der Waals surface area contributed by atoms with Crippen LogP contribution in [0, 0.1) is 0 Å². The van der Waals surface area contributed by atoms with Crippen molar-refractivity contribution in [3.8, 4) is 0 Å². The molecule has 1 aromatic rings. The second-order valence-corrected chi connectivity index (χ2v) is 6.12. The number of carbonyl (C=O) groups excluding carboxylic acids is 1. The average molecular weight is 306 g/mol. The van der Waals surface area contributed by atoms with Crippen LogP contribution in [0.2, 0.25) is 0 Å². The zero-order valence-electron chi connectivity index (χ0n) is 13.2. The smallest absolute Gasteiger partial charge is 0.255 e. The molecule has 1 heterocycles. The van der Waals surface area contributed by atoms with Crippen molar-refractivity contribution in [2.75, 3.05) is 39.8 Å². The molecule has 1 atom stereocenters. The number of hydrogen-bond acceptors (Lipinski definition) is 4. The van der Waals surface area contributed by atoms with E-state index in [1.165, 1.54) is 5.56 Å². The number of carbonyl (C=O) groups is 1. The molecule has 5 nitrogen and oxygen atoms in total. The molecule has 1 aliphatic heterocycles. The Bertz CT molecular complexity index is 480. The number of piperidine rings is 1. The number of benzene rings is 1. The van der Waals surface area contributed by atoms with Gasteiger partial charge in [-0.05, 0) is 31.9 Å². The van der Waals surface area contributed by atoms with Crippen molar-refractivity contribution >= 4 is 5.91 Å². The fourth-order valence-corrected chi connectivity index (χ4v) is 3.03. The summed E-state index contributed by atoms with van der Waals surface area (Å²) in [5.74, 6) is -0.181. The summed E-state index contributed by atoms with van der Waals surface area (Å²) in [6.45, 7) is 2.10. The molecule has 22 heavy (non-hydrogen) atoms. The topological polar surface area (TPSA) is 64.0 Å². The van der Waals surface area contributed by atoms with Crippen LogP contribution in [-0.2, 0) is 11.2 Å². The highest BCUT2D eigenvalue weighted by atomic mass is 16.3. The number of nitrogens with zero attached hydrogens (tertiary/aromatic N) is 2. The molecule has 122 valence electrons. The standard InChI is InChI=1S/C17H26N2O3/c1-18(12-13-20)14-17(22)9-5-10-19(16(17)21)11-8-15-6-3-2-4-7-15/h2-4,6-7,20,22H,5,8-14H2,1H3. The van der Waals surface area contributed by atoms with E-state index in [9.17, 15) is 9.90 Å². The molecule has 0 aliphatic carbocycles. The lowest BCUT2D eigenvalue weighted by molar-refractivity contribution is -0.159. The fourth-order valence-electron chi connectivity index (χ4n) is 3.03. The molecule has 1 fully saturated rings. The molecule has 2 rings (SSSR count). The fraction of sp³-hybridized carbons (Fsp3) is 0.588. The van der Waals surface area contributed by atoms with E-state index in [1.54, 1.807) is 9.80 Å². The number of aliphatic hydroxyl groups is 2.